The van der Waals surface area contributed by atoms with Crippen LogP contribution in [0.4, 0.5) is 0 Å². The van der Waals surface area contributed by atoms with Crippen LogP contribution in [-0.2, 0) is 10.2 Å². The number of amides is 1. The van der Waals surface area contributed by atoms with Crippen molar-refractivity contribution >= 4 is 17.5 Å². The van der Waals surface area contributed by atoms with E-state index in [0.29, 0.717) is 11.6 Å². The van der Waals surface area contributed by atoms with Gasteiger partial charge in [0, 0.05) is 37.7 Å². The van der Waals surface area contributed by atoms with Crippen LogP contribution in [-0.4, -0.2) is 59.6 Å². The number of carbonyl (C=O) groups excluding carboxylic acids is 1. The first kappa shape index (κ1) is 15.8. The van der Waals surface area contributed by atoms with Gasteiger partial charge >= 0.3 is 0 Å². The van der Waals surface area contributed by atoms with Gasteiger partial charge in [0.15, 0.2) is 0 Å². The molecule has 0 radical (unpaired) electrons. The van der Waals surface area contributed by atoms with E-state index >= 15 is 0 Å². The van der Waals surface area contributed by atoms with Crippen LogP contribution in [0, 0.1) is 0 Å². The summed E-state index contributed by atoms with van der Waals surface area (Å²) < 4.78 is 0. The fraction of sp³-hybridized carbons (Fsp3) is 0.588. The smallest absolute Gasteiger partial charge is 0.233 e. The van der Waals surface area contributed by atoms with Gasteiger partial charge in [-0.25, -0.2) is 0 Å². The molecule has 1 saturated heterocycles. The van der Waals surface area contributed by atoms with E-state index in [1.165, 1.54) is 0 Å². The van der Waals surface area contributed by atoms with Crippen molar-refractivity contribution < 1.29 is 9.90 Å². The molecule has 0 spiro atoms. The van der Waals surface area contributed by atoms with Gasteiger partial charge in [-0.2, -0.15) is 0 Å². The molecule has 1 aromatic carbocycles. The SMILES string of the molecule is CC(O)CN1CCN(C(=O)C2(c3ccc(Cl)cc3)CC2)CC1. The largest absolute Gasteiger partial charge is 0.392 e. The number of aliphatic hydroxyl groups is 1. The highest BCUT2D eigenvalue weighted by molar-refractivity contribution is 6.30. The lowest BCUT2D eigenvalue weighted by Gasteiger charge is -2.37. The van der Waals surface area contributed by atoms with Gasteiger partial charge in [-0.15, -0.1) is 0 Å². The van der Waals surface area contributed by atoms with Gasteiger partial charge < -0.3 is 10.0 Å². The zero-order chi connectivity index (χ0) is 15.7. The summed E-state index contributed by atoms with van der Waals surface area (Å²) in [6.45, 7) is 5.67. The van der Waals surface area contributed by atoms with Gasteiger partial charge in [-0.3, -0.25) is 9.69 Å². The number of β-amino-alcohol motifs (C(OH)–C–C–N with tert-alkyl or cyclic N) is 1. The zero-order valence-electron chi connectivity index (χ0n) is 13.0. The molecule has 1 amide bonds. The maximum Gasteiger partial charge on any atom is 0.233 e. The third kappa shape index (κ3) is 3.14. The Labute approximate surface area is 136 Å². The number of nitrogens with zero attached hydrogens (tertiary/aromatic N) is 2. The van der Waals surface area contributed by atoms with Crippen LogP contribution in [0.25, 0.3) is 0 Å². The Morgan fingerprint density at radius 3 is 2.32 bits per heavy atom. The molecule has 1 N–H and O–H groups in total. The molecule has 5 heteroatoms. The van der Waals surface area contributed by atoms with Gasteiger partial charge in [-0.1, -0.05) is 23.7 Å². The van der Waals surface area contributed by atoms with E-state index in [2.05, 4.69) is 4.90 Å². The highest BCUT2D eigenvalue weighted by Gasteiger charge is 2.53. The Kier molecular flexibility index (Phi) is 4.44. The van der Waals surface area contributed by atoms with Crippen LogP contribution < -0.4 is 0 Å². The van der Waals surface area contributed by atoms with Crippen molar-refractivity contribution in [1.82, 2.24) is 9.80 Å². The second-order valence-corrected chi connectivity index (χ2v) is 6.97. The number of piperazine rings is 1. The lowest BCUT2D eigenvalue weighted by atomic mass is 9.94. The molecule has 0 bridgehead atoms. The summed E-state index contributed by atoms with van der Waals surface area (Å²) in [5.74, 6) is 0.256. The van der Waals surface area contributed by atoms with Gasteiger partial charge in [0.1, 0.15) is 0 Å². The van der Waals surface area contributed by atoms with Crippen LogP contribution in [0.1, 0.15) is 25.3 Å². The Morgan fingerprint density at radius 1 is 1.23 bits per heavy atom. The van der Waals surface area contributed by atoms with E-state index < -0.39 is 0 Å². The topological polar surface area (TPSA) is 43.8 Å². The summed E-state index contributed by atoms with van der Waals surface area (Å²) >= 11 is 5.95. The second kappa shape index (κ2) is 6.19. The van der Waals surface area contributed by atoms with E-state index in [9.17, 15) is 9.90 Å². The highest BCUT2D eigenvalue weighted by atomic mass is 35.5. The van der Waals surface area contributed by atoms with E-state index in [4.69, 9.17) is 11.6 Å². The predicted octanol–water partition coefficient (Wildman–Crippen LogP) is 1.90. The molecule has 1 aliphatic heterocycles. The molecular weight excluding hydrogens is 300 g/mol. The minimum absolute atomic E-state index is 0.256. The summed E-state index contributed by atoms with van der Waals surface area (Å²) in [4.78, 5) is 17.1. The fourth-order valence-electron chi connectivity index (χ4n) is 3.33. The number of aliphatic hydroxyl groups excluding tert-OH is 1. The standard InChI is InChI=1S/C17H23ClN2O2/c1-13(21)12-19-8-10-20(11-9-19)16(22)17(6-7-17)14-2-4-15(18)5-3-14/h2-5,13,21H,6-12H2,1H3. The molecule has 1 aliphatic carbocycles. The molecule has 22 heavy (non-hydrogen) atoms. The van der Waals surface area contributed by atoms with Gasteiger partial charge in [0.05, 0.1) is 11.5 Å². The third-order valence-corrected chi connectivity index (χ3v) is 4.99. The molecule has 2 aliphatic rings. The summed E-state index contributed by atoms with van der Waals surface area (Å²) in [6, 6.07) is 7.70. The number of rotatable bonds is 4. The molecule has 4 nitrogen and oxygen atoms in total. The Bertz CT molecular complexity index is 532. The second-order valence-electron chi connectivity index (χ2n) is 6.53. The predicted molar refractivity (Wildman–Crippen MR) is 87.1 cm³/mol. The van der Waals surface area contributed by atoms with Crippen molar-refractivity contribution in [2.75, 3.05) is 32.7 Å². The molecule has 1 atom stereocenters. The van der Waals surface area contributed by atoms with Crippen LogP contribution in [0.5, 0.6) is 0 Å². The molecule has 120 valence electrons. The van der Waals surface area contributed by atoms with Gasteiger partial charge in [0.2, 0.25) is 5.91 Å². The maximum atomic E-state index is 12.9. The van der Waals surface area contributed by atoms with Crippen molar-refractivity contribution in [1.29, 1.82) is 0 Å². The minimum Gasteiger partial charge on any atom is -0.392 e. The molecule has 1 aromatic rings. The lowest BCUT2D eigenvalue weighted by Crippen LogP contribution is -2.52. The fourth-order valence-corrected chi connectivity index (χ4v) is 3.46. The first-order chi connectivity index (χ1) is 10.5. The Hall–Kier alpha value is -1.10. The molecule has 1 heterocycles. The maximum absolute atomic E-state index is 12.9. The van der Waals surface area contributed by atoms with Crippen molar-refractivity contribution in [2.45, 2.75) is 31.3 Å². The van der Waals surface area contributed by atoms with E-state index in [0.717, 1.165) is 44.6 Å². The van der Waals surface area contributed by atoms with E-state index in [-0.39, 0.29) is 17.4 Å². The quantitative estimate of drug-likeness (QED) is 0.920. The minimum atomic E-state index is -0.314. The summed E-state index contributed by atoms with van der Waals surface area (Å²) in [5.41, 5.74) is 0.783. The number of carbonyl (C=O) groups is 1. The monoisotopic (exact) mass is 322 g/mol. The summed E-state index contributed by atoms with van der Waals surface area (Å²) in [6.07, 6.45) is 1.55. The first-order valence-corrected chi connectivity index (χ1v) is 8.35. The Morgan fingerprint density at radius 2 is 1.82 bits per heavy atom. The number of benzene rings is 1. The average molecular weight is 323 g/mol. The normalized spacial score (nSPS) is 22.4. The summed E-state index contributed by atoms with van der Waals surface area (Å²) in [7, 11) is 0. The van der Waals surface area contributed by atoms with Crippen LogP contribution in [0.2, 0.25) is 5.02 Å². The molecule has 1 unspecified atom stereocenters. The van der Waals surface area contributed by atoms with Crippen LogP contribution >= 0.6 is 11.6 Å². The van der Waals surface area contributed by atoms with E-state index in [1.54, 1.807) is 6.92 Å². The number of halogens is 1. The van der Waals surface area contributed by atoms with Crippen molar-refractivity contribution in [2.24, 2.45) is 0 Å². The molecule has 3 rings (SSSR count). The molecule has 1 saturated carbocycles. The van der Waals surface area contributed by atoms with Crippen molar-refractivity contribution in [3.8, 4) is 0 Å². The number of hydrogen-bond donors (Lipinski definition) is 1. The first-order valence-electron chi connectivity index (χ1n) is 7.97. The highest BCUT2D eigenvalue weighted by Crippen LogP contribution is 2.49. The van der Waals surface area contributed by atoms with Crippen molar-refractivity contribution in [3.05, 3.63) is 34.9 Å². The lowest BCUT2D eigenvalue weighted by molar-refractivity contribution is -0.135. The van der Waals surface area contributed by atoms with Gasteiger partial charge in [-0.05, 0) is 37.5 Å². The van der Waals surface area contributed by atoms with Crippen LogP contribution in [0.3, 0.4) is 0 Å². The molecule has 2 fully saturated rings. The third-order valence-electron chi connectivity index (χ3n) is 4.74. The zero-order valence-corrected chi connectivity index (χ0v) is 13.7. The van der Waals surface area contributed by atoms with Gasteiger partial charge in [0.25, 0.3) is 0 Å². The molecule has 0 aromatic heterocycles. The number of hydrogen-bond acceptors (Lipinski definition) is 3. The van der Waals surface area contributed by atoms with Crippen LogP contribution in [0.15, 0.2) is 24.3 Å². The summed E-state index contributed by atoms with van der Waals surface area (Å²) in [5, 5.41) is 10.2. The van der Waals surface area contributed by atoms with E-state index in [1.807, 2.05) is 29.2 Å². The average Bonchev–Trinajstić information content (AvgIpc) is 3.29. The molecular formula is C17H23ClN2O2. The Balaban J connectivity index is 1.64. The van der Waals surface area contributed by atoms with Crippen molar-refractivity contribution in [3.63, 3.8) is 0 Å².